The van der Waals surface area contributed by atoms with Crippen molar-refractivity contribution in [3.05, 3.63) is 90.0 Å². The van der Waals surface area contributed by atoms with Gasteiger partial charge in [0.05, 0.1) is 11.0 Å². The van der Waals surface area contributed by atoms with E-state index in [1.165, 1.54) is 22.3 Å². The summed E-state index contributed by atoms with van der Waals surface area (Å²) in [5, 5.41) is 0. The van der Waals surface area contributed by atoms with Gasteiger partial charge < -0.3 is 19.3 Å². The number of rotatable bonds is 5. The van der Waals surface area contributed by atoms with Gasteiger partial charge in [-0.15, -0.1) is 0 Å². The van der Waals surface area contributed by atoms with Gasteiger partial charge in [-0.25, -0.2) is 4.98 Å². The Labute approximate surface area is 196 Å². The summed E-state index contributed by atoms with van der Waals surface area (Å²) in [5.74, 6) is 1.01. The molecule has 170 valence electrons. The third-order valence-electron chi connectivity index (χ3n) is 6.85. The van der Waals surface area contributed by atoms with Gasteiger partial charge in [0.15, 0.2) is 0 Å². The van der Waals surface area contributed by atoms with Gasteiger partial charge in [0, 0.05) is 62.4 Å². The predicted octanol–water partition coefficient (Wildman–Crippen LogP) is 4.97. The van der Waals surface area contributed by atoms with E-state index < -0.39 is 0 Å². The number of hydrogen-bond donors (Lipinski definition) is 0. The van der Waals surface area contributed by atoms with Crippen LogP contribution in [0, 0.1) is 0 Å². The molecule has 1 fully saturated rings. The summed E-state index contributed by atoms with van der Waals surface area (Å²) in [6, 6.07) is 17.4. The van der Waals surface area contributed by atoms with Crippen LogP contribution in [0.2, 0.25) is 0 Å². The largest absolute Gasteiger partial charge is 0.369 e. The summed E-state index contributed by atoms with van der Waals surface area (Å²) in [4.78, 5) is 12.2. The second kappa shape index (κ2) is 8.91. The lowest BCUT2D eigenvalue weighted by Crippen LogP contribution is -2.44. The van der Waals surface area contributed by atoms with Crippen LogP contribution in [0.1, 0.15) is 25.2 Å². The van der Waals surface area contributed by atoms with Crippen molar-refractivity contribution in [1.29, 1.82) is 0 Å². The van der Waals surface area contributed by atoms with E-state index in [1.54, 1.807) is 0 Å². The number of anilines is 1. The molecule has 0 saturated carbocycles. The molecule has 0 N–H and O–H groups in total. The zero-order chi connectivity index (χ0) is 22.9. The highest BCUT2D eigenvalue weighted by Gasteiger charge is 2.21. The SMILES string of the molecule is C=C1C(C)=CC(c2nc3ccc(N4CCN(C)CC4)cc3n2Cc2ccccc2)=CN1CC. The van der Waals surface area contributed by atoms with E-state index in [1.807, 2.05) is 0 Å². The molecule has 3 heterocycles. The monoisotopic (exact) mass is 439 g/mol. The average Bonchev–Trinajstić information content (AvgIpc) is 3.19. The molecule has 1 saturated heterocycles. The van der Waals surface area contributed by atoms with Gasteiger partial charge in [0.1, 0.15) is 5.82 Å². The van der Waals surface area contributed by atoms with Gasteiger partial charge >= 0.3 is 0 Å². The molecule has 0 amide bonds. The van der Waals surface area contributed by atoms with Crippen LogP contribution < -0.4 is 4.90 Å². The van der Waals surface area contributed by atoms with E-state index in [-0.39, 0.29) is 0 Å². The number of imidazole rings is 1. The van der Waals surface area contributed by atoms with Gasteiger partial charge in [0.25, 0.3) is 0 Å². The topological polar surface area (TPSA) is 27.5 Å². The fourth-order valence-corrected chi connectivity index (χ4v) is 4.75. The van der Waals surface area contributed by atoms with Crippen LogP contribution in [0.4, 0.5) is 5.69 Å². The normalized spacial score (nSPS) is 17.5. The van der Waals surface area contributed by atoms with Crippen LogP contribution in [0.15, 0.2) is 78.7 Å². The van der Waals surface area contributed by atoms with Crippen molar-refractivity contribution in [3.63, 3.8) is 0 Å². The molecule has 3 aromatic rings. The number of hydrogen-bond acceptors (Lipinski definition) is 4. The van der Waals surface area contributed by atoms with Crippen molar-refractivity contribution in [1.82, 2.24) is 19.4 Å². The second-order valence-electron chi connectivity index (χ2n) is 9.11. The summed E-state index contributed by atoms with van der Waals surface area (Å²) in [6.45, 7) is 14.5. The summed E-state index contributed by atoms with van der Waals surface area (Å²) in [7, 11) is 2.20. The first-order chi connectivity index (χ1) is 16.0. The number of likely N-dealkylation sites (N-methyl/N-ethyl adjacent to an activating group) is 2. The smallest absolute Gasteiger partial charge is 0.142 e. The van der Waals surface area contributed by atoms with E-state index in [4.69, 9.17) is 4.98 Å². The van der Waals surface area contributed by atoms with Crippen LogP contribution >= 0.6 is 0 Å². The molecule has 0 unspecified atom stereocenters. The van der Waals surface area contributed by atoms with Crippen LogP contribution in [0.5, 0.6) is 0 Å². The lowest BCUT2D eigenvalue weighted by molar-refractivity contribution is 0.313. The number of piperazine rings is 1. The average molecular weight is 440 g/mol. The molecule has 5 nitrogen and oxygen atoms in total. The van der Waals surface area contributed by atoms with E-state index in [9.17, 15) is 0 Å². The molecule has 5 rings (SSSR count). The van der Waals surface area contributed by atoms with Crippen molar-refractivity contribution in [3.8, 4) is 0 Å². The number of aromatic nitrogens is 2. The highest BCUT2D eigenvalue weighted by molar-refractivity contribution is 5.86. The Morgan fingerprint density at radius 2 is 1.76 bits per heavy atom. The summed E-state index contributed by atoms with van der Waals surface area (Å²) in [5.41, 5.74) is 8.16. The molecule has 2 aromatic carbocycles. The molecule has 2 aliphatic rings. The Hall–Kier alpha value is -3.31. The van der Waals surface area contributed by atoms with Crippen molar-refractivity contribution < 1.29 is 0 Å². The highest BCUT2D eigenvalue weighted by atomic mass is 15.2. The van der Waals surface area contributed by atoms with Gasteiger partial charge in [-0.2, -0.15) is 0 Å². The van der Waals surface area contributed by atoms with Crippen molar-refractivity contribution in [2.75, 3.05) is 44.7 Å². The molecule has 0 spiro atoms. The zero-order valence-electron chi connectivity index (χ0n) is 20.0. The van der Waals surface area contributed by atoms with E-state index in [0.29, 0.717) is 0 Å². The summed E-state index contributed by atoms with van der Waals surface area (Å²) in [6.07, 6.45) is 4.41. The molecule has 1 aromatic heterocycles. The predicted molar refractivity (Wildman–Crippen MR) is 138 cm³/mol. The Balaban J connectivity index is 1.62. The number of allylic oxidation sites excluding steroid dienone is 3. The summed E-state index contributed by atoms with van der Waals surface area (Å²) < 4.78 is 2.38. The molecule has 0 bridgehead atoms. The number of fused-ring (bicyclic) bond motifs is 1. The molecule has 0 radical (unpaired) electrons. The Bertz CT molecular complexity index is 1230. The minimum Gasteiger partial charge on any atom is -0.369 e. The van der Waals surface area contributed by atoms with Gasteiger partial charge in [-0.1, -0.05) is 36.9 Å². The van der Waals surface area contributed by atoms with Gasteiger partial charge in [-0.3, -0.25) is 0 Å². The first kappa shape index (κ1) is 21.5. The molecular weight excluding hydrogens is 406 g/mol. The molecule has 0 aliphatic carbocycles. The quantitative estimate of drug-likeness (QED) is 0.561. The fraction of sp³-hybridized carbons (Fsp3) is 0.321. The highest BCUT2D eigenvalue weighted by Crippen LogP contribution is 2.32. The minimum atomic E-state index is 0.788. The van der Waals surface area contributed by atoms with Crippen LogP contribution in [-0.2, 0) is 6.54 Å². The number of benzene rings is 2. The lowest BCUT2D eigenvalue weighted by Gasteiger charge is -2.34. The maximum Gasteiger partial charge on any atom is 0.142 e. The Kier molecular flexibility index (Phi) is 5.81. The first-order valence-corrected chi connectivity index (χ1v) is 11.9. The standard InChI is InChI=1S/C28H33N5/c1-5-31-20-24(17-21(2)22(31)3)28-29-26-12-11-25(32-15-13-30(4)14-16-32)18-27(26)33(28)19-23-9-7-6-8-10-23/h6-12,17-18,20H,3,5,13-16,19H2,1-2,4H3. The molecule has 5 heteroatoms. The Morgan fingerprint density at radius 3 is 2.48 bits per heavy atom. The number of nitrogens with zero attached hydrogens (tertiary/aromatic N) is 5. The van der Waals surface area contributed by atoms with E-state index >= 15 is 0 Å². The third-order valence-corrected chi connectivity index (χ3v) is 6.85. The van der Waals surface area contributed by atoms with Crippen LogP contribution in [0.25, 0.3) is 16.6 Å². The lowest BCUT2D eigenvalue weighted by atomic mass is 10.1. The maximum atomic E-state index is 5.13. The molecule has 33 heavy (non-hydrogen) atoms. The minimum absolute atomic E-state index is 0.788. The van der Waals surface area contributed by atoms with E-state index in [2.05, 4.69) is 108 Å². The fourth-order valence-electron chi connectivity index (χ4n) is 4.75. The van der Waals surface area contributed by atoms with Gasteiger partial charge in [-0.05, 0) is 56.3 Å². The third kappa shape index (κ3) is 4.21. The second-order valence-corrected chi connectivity index (χ2v) is 9.11. The zero-order valence-corrected chi connectivity index (χ0v) is 20.0. The van der Waals surface area contributed by atoms with Crippen molar-refractivity contribution >= 4 is 22.3 Å². The molecule has 2 aliphatic heterocycles. The summed E-state index contributed by atoms with van der Waals surface area (Å²) >= 11 is 0. The van der Waals surface area contributed by atoms with Crippen molar-refractivity contribution in [2.24, 2.45) is 0 Å². The van der Waals surface area contributed by atoms with Crippen molar-refractivity contribution in [2.45, 2.75) is 20.4 Å². The Morgan fingerprint density at radius 1 is 1.00 bits per heavy atom. The van der Waals surface area contributed by atoms with E-state index in [0.717, 1.165) is 61.9 Å². The van der Waals surface area contributed by atoms with Crippen LogP contribution in [0.3, 0.4) is 0 Å². The first-order valence-electron chi connectivity index (χ1n) is 11.9. The van der Waals surface area contributed by atoms with Crippen LogP contribution in [-0.4, -0.2) is 59.1 Å². The van der Waals surface area contributed by atoms with Gasteiger partial charge in [0.2, 0.25) is 0 Å². The maximum absolute atomic E-state index is 5.13. The molecule has 0 atom stereocenters. The molecular formula is C28H33N5.